The molecule has 2 rings (SSSR count). The number of ether oxygens (including phenoxy) is 2. The maximum Gasteiger partial charge on any atom is 0.129 e. The number of hydrogen-bond acceptors (Lipinski definition) is 4. The van der Waals surface area contributed by atoms with E-state index in [2.05, 4.69) is 0 Å². The van der Waals surface area contributed by atoms with Crippen LogP contribution >= 0.6 is 0 Å². The van der Waals surface area contributed by atoms with Crippen LogP contribution in [0.25, 0.3) is 0 Å². The Hall–Kier alpha value is -1.94. The van der Waals surface area contributed by atoms with Gasteiger partial charge in [-0.1, -0.05) is 6.07 Å². The van der Waals surface area contributed by atoms with Crippen LogP contribution in [0.2, 0.25) is 0 Å². The molecule has 0 bridgehead atoms. The van der Waals surface area contributed by atoms with Gasteiger partial charge in [-0.05, 0) is 24.3 Å². The Kier molecular flexibility index (Phi) is 4.05. The summed E-state index contributed by atoms with van der Waals surface area (Å²) in [5.74, 6) is 1.57. The molecule has 2 N–H and O–H groups in total. The molecule has 17 heavy (non-hydrogen) atoms. The minimum atomic E-state index is 0.466. The molecule has 1 aromatic carbocycles. The van der Waals surface area contributed by atoms with Gasteiger partial charge < -0.3 is 19.6 Å². The normalized spacial score (nSPS) is 10.4. The Balaban J connectivity index is 1.63. The zero-order valence-corrected chi connectivity index (χ0v) is 9.46. The first kappa shape index (κ1) is 11.5. The molecule has 0 unspecified atom stereocenters. The number of nitrogen functional groups attached to an aromatic ring is 1. The molecule has 0 saturated heterocycles. The van der Waals surface area contributed by atoms with Crippen molar-refractivity contribution in [2.75, 3.05) is 18.9 Å². The number of rotatable bonds is 6. The third-order valence-electron chi connectivity index (χ3n) is 2.18. The van der Waals surface area contributed by atoms with E-state index in [1.165, 1.54) is 0 Å². The van der Waals surface area contributed by atoms with E-state index in [0.717, 1.165) is 11.5 Å². The van der Waals surface area contributed by atoms with Crippen molar-refractivity contribution in [3.8, 4) is 5.75 Å². The third-order valence-corrected chi connectivity index (χ3v) is 2.18. The maximum atomic E-state index is 5.63. The minimum Gasteiger partial charge on any atom is -0.491 e. The molecule has 0 fully saturated rings. The highest BCUT2D eigenvalue weighted by Gasteiger charge is 1.97. The molecule has 1 aromatic heterocycles. The summed E-state index contributed by atoms with van der Waals surface area (Å²) < 4.78 is 16.0. The first-order valence-electron chi connectivity index (χ1n) is 5.43. The molecule has 0 aliphatic carbocycles. The first-order chi connectivity index (χ1) is 8.34. The molecule has 0 atom stereocenters. The zero-order valence-electron chi connectivity index (χ0n) is 9.46. The minimum absolute atomic E-state index is 0.466. The Morgan fingerprint density at radius 3 is 2.82 bits per heavy atom. The number of hydrogen-bond donors (Lipinski definition) is 1. The Bertz CT molecular complexity index is 440. The number of benzene rings is 1. The fourth-order valence-electron chi connectivity index (χ4n) is 1.39. The highest BCUT2D eigenvalue weighted by atomic mass is 16.5. The van der Waals surface area contributed by atoms with E-state index < -0.39 is 0 Å². The fraction of sp³-hybridized carbons (Fsp3) is 0.231. The Morgan fingerprint density at radius 2 is 2.06 bits per heavy atom. The van der Waals surface area contributed by atoms with Gasteiger partial charge in [0.1, 0.15) is 24.7 Å². The molecular weight excluding hydrogens is 218 g/mol. The van der Waals surface area contributed by atoms with E-state index in [1.807, 2.05) is 30.3 Å². The Morgan fingerprint density at radius 1 is 1.12 bits per heavy atom. The van der Waals surface area contributed by atoms with Gasteiger partial charge in [0.25, 0.3) is 0 Å². The maximum absolute atomic E-state index is 5.63. The van der Waals surface area contributed by atoms with Crippen LogP contribution in [0, 0.1) is 0 Å². The van der Waals surface area contributed by atoms with E-state index in [9.17, 15) is 0 Å². The van der Waals surface area contributed by atoms with Gasteiger partial charge in [0.2, 0.25) is 0 Å². The van der Waals surface area contributed by atoms with Crippen LogP contribution in [0.4, 0.5) is 5.69 Å². The standard InChI is InChI=1S/C13H15NO3/c14-11-3-1-4-12(9-11)17-8-7-15-10-13-5-2-6-16-13/h1-6,9H,7-8,10,14H2. The second-order valence-electron chi connectivity index (χ2n) is 3.55. The number of furan rings is 1. The average Bonchev–Trinajstić information content (AvgIpc) is 2.82. The third kappa shape index (κ3) is 3.85. The lowest BCUT2D eigenvalue weighted by atomic mass is 10.3. The lowest BCUT2D eigenvalue weighted by Crippen LogP contribution is -2.06. The molecule has 0 aliphatic rings. The summed E-state index contributed by atoms with van der Waals surface area (Å²) in [6.07, 6.45) is 1.63. The number of nitrogens with two attached hydrogens (primary N) is 1. The highest BCUT2D eigenvalue weighted by Crippen LogP contribution is 2.14. The van der Waals surface area contributed by atoms with Crippen molar-refractivity contribution < 1.29 is 13.9 Å². The van der Waals surface area contributed by atoms with Gasteiger partial charge in [0.15, 0.2) is 0 Å². The van der Waals surface area contributed by atoms with Crippen molar-refractivity contribution >= 4 is 5.69 Å². The molecule has 1 heterocycles. The van der Waals surface area contributed by atoms with Crippen molar-refractivity contribution in [2.45, 2.75) is 6.61 Å². The predicted molar refractivity (Wildman–Crippen MR) is 64.7 cm³/mol. The van der Waals surface area contributed by atoms with E-state index in [4.69, 9.17) is 19.6 Å². The monoisotopic (exact) mass is 233 g/mol. The lowest BCUT2D eigenvalue weighted by molar-refractivity contribution is 0.0781. The SMILES string of the molecule is Nc1cccc(OCCOCc2ccco2)c1. The van der Waals surface area contributed by atoms with Crippen LogP contribution in [-0.4, -0.2) is 13.2 Å². The van der Waals surface area contributed by atoms with E-state index in [1.54, 1.807) is 12.3 Å². The van der Waals surface area contributed by atoms with E-state index >= 15 is 0 Å². The quantitative estimate of drug-likeness (QED) is 0.615. The van der Waals surface area contributed by atoms with Crippen LogP contribution in [0.15, 0.2) is 47.1 Å². The summed E-state index contributed by atoms with van der Waals surface area (Å²) in [5.41, 5.74) is 6.32. The molecule has 90 valence electrons. The van der Waals surface area contributed by atoms with Gasteiger partial charge in [0, 0.05) is 11.8 Å². The summed E-state index contributed by atoms with van der Waals surface area (Å²) in [4.78, 5) is 0. The predicted octanol–water partition coefficient (Wildman–Crippen LogP) is 2.46. The molecule has 0 aliphatic heterocycles. The molecule has 0 radical (unpaired) electrons. The molecule has 4 heteroatoms. The van der Waals surface area contributed by atoms with Crippen molar-refractivity contribution in [3.63, 3.8) is 0 Å². The molecule has 4 nitrogen and oxygen atoms in total. The van der Waals surface area contributed by atoms with Gasteiger partial charge >= 0.3 is 0 Å². The first-order valence-corrected chi connectivity index (χ1v) is 5.43. The summed E-state index contributed by atoms with van der Waals surface area (Å²) in [6.45, 7) is 1.47. The summed E-state index contributed by atoms with van der Waals surface area (Å²) in [5, 5.41) is 0. The Labute approximate surface area is 99.9 Å². The van der Waals surface area contributed by atoms with Crippen molar-refractivity contribution in [2.24, 2.45) is 0 Å². The van der Waals surface area contributed by atoms with E-state index in [-0.39, 0.29) is 0 Å². The summed E-state index contributed by atoms with van der Waals surface area (Å²) >= 11 is 0. The molecule has 2 aromatic rings. The van der Waals surface area contributed by atoms with Gasteiger partial charge in [0.05, 0.1) is 12.9 Å². The van der Waals surface area contributed by atoms with Crippen molar-refractivity contribution in [1.29, 1.82) is 0 Å². The van der Waals surface area contributed by atoms with E-state index in [0.29, 0.717) is 25.5 Å². The highest BCUT2D eigenvalue weighted by molar-refractivity contribution is 5.43. The largest absolute Gasteiger partial charge is 0.491 e. The van der Waals surface area contributed by atoms with Crippen LogP contribution in [0.5, 0.6) is 5.75 Å². The molecule has 0 saturated carbocycles. The number of anilines is 1. The van der Waals surface area contributed by atoms with Crippen LogP contribution in [0.1, 0.15) is 5.76 Å². The molecule has 0 amide bonds. The van der Waals surface area contributed by atoms with Gasteiger partial charge in [-0.15, -0.1) is 0 Å². The second kappa shape index (κ2) is 5.96. The molecule has 0 spiro atoms. The van der Waals surface area contributed by atoms with Gasteiger partial charge in [-0.25, -0.2) is 0 Å². The summed E-state index contributed by atoms with van der Waals surface area (Å²) in [7, 11) is 0. The molecular formula is C13H15NO3. The lowest BCUT2D eigenvalue weighted by Gasteiger charge is -2.06. The van der Waals surface area contributed by atoms with Crippen molar-refractivity contribution in [1.82, 2.24) is 0 Å². The second-order valence-corrected chi connectivity index (χ2v) is 3.55. The zero-order chi connectivity index (χ0) is 11.9. The van der Waals surface area contributed by atoms with Crippen LogP contribution < -0.4 is 10.5 Å². The van der Waals surface area contributed by atoms with Crippen molar-refractivity contribution in [3.05, 3.63) is 48.4 Å². The summed E-state index contributed by atoms with van der Waals surface area (Å²) in [6, 6.07) is 11.0. The van der Waals surface area contributed by atoms with Gasteiger partial charge in [-0.3, -0.25) is 0 Å². The van der Waals surface area contributed by atoms with Gasteiger partial charge in [-0.2, -0.15) is 0 Å². The van der Waals surface area contributed by atoms with Crippen LogP contribution in [-0.2, 0) is 11.3 Å². The van der Waals surface area contributed by atoms with Crippen LogP contribution in [0.3, 0.4) is 0 Å². The topological polar surface area (TPSA) is 57.6 Å². The fourth-order valence-corrected chi connectivity index (χ4v) is 1.39. The smallest absolute Gasteiger partial charge is 0.129 e. The average molecular weight is 233 g/mol.